The van der Waals surface area contributed by atoms with Crippen LogP contribution in [-0.4, -0.2) is 33.8 Å². The maximum atomic E-state index is 12.4. The summed E-state index contributed by atoms with van der Waals surface area (Å²) in [6.45, 7) is 0.619. The van der Waals surface area contributed by atoms with Crippen molar-refractivity contribution < 1.29 is 4.79 Å². The molecule has 5 heteroatoms. The van der Waals surface area contributed by atoms with Gasteiger partial charge in [-0.2, -0.15) is 16.9 Å². The van der Waals surface area contributed by atoms with Gasteiger partial charge < -0.3 is 4.90 Å². The van der Waals surface area contributed by atoms with E-state index in [1.807, 2.05) is 29.8 Å². The molecule has 4 nitrogen and oxygen atoms in total. The van der Waals surface area contributed by atoms with E-state index in [1.165, 1.54) is 36.1 Å². The molecule has 1 aromatic carbocycles. The lowest BCUT2D eigenvalue weighted by Gasteiger charge is -2.16. The number of hydrogen-bond acceptors (Lipinski definition) is 3. The molecule has 1 N–H and O–H groups in total. The summed E-state index contributed by atoms with van der Waals surface area (Å²) in [6.07, 6.45) is 6.53. The molecule has 1 amide bonds. The number of amides is 1. The molecule has 0 unspecified atom stereocenters. The third kappa shape index (κ3) is 5.11. The predicted octanol–water partition coefficient (Wildman–Crippen LogP) is 3.96. The fourth-order valence-electron chi connectivity index (χ4n) is 3.28. The van der Waals surface area contributed by atoms with Gasteiger partial charge in [-0.1, -0.05) is 36.8 Å². The zero-order valence-corrected chi connectivity index (χ0v) is 15.8. The lowest BCUT2D eigenvalue weighted by molar-refractivity contribution is -0.130. The van der Waals surface area contributed by atoms with E-state index >= 15 is 0 Å². The topological polar surface area (TPSA) is 49.0 Å². The van der Waals surface area contributed by atoms with E-state index in [9.17, 15) is 4.79 Å². The molecule has 0 fully saturated rings. The first-order chi connectivity index (χ1) is 12.2. The smallest absolute Gasteiger partial charge is 0.223 e. The maximum absolute atomic E-state index is 12.4. The Bertz CT molecular complexity index is 684. The Morgan fingerprint density at radius 1 is 1.20 bits per heavy atom. The lowest BCUT2D eigenvalue weighted by Crippen LogP contribution is -2.27. The first kappa shape index (κ1) is 18.1. The predicted molar refractivity (Wildman–Crippen MR) is 104 cm³/mol. The fraction of sp³-hybridized carbons (Fsp3) is 0.500. The highest BCUT2D eigenvalue weighted by Crippen LogP contribution is 2.22. The van der Waals surface area contributed by atoms with E-state index in [2.05, 4.69) is 34.5 Å². The first-order valence-electron chi connectivity index (χ1n) is 9.14. The molecular weight excluding hydrogens is 330 g/mol. The molecule has 0 saturated heterocycles. The Labute approximate surface area is 154 Å². The minimum absolute atomic E-state index is 0.200. The Hall–Kier alpha value is -1.75. The number of aromatic nitrogens is 2. The van der Waals surface area contributed by atoms with Crippen LogP contribution in [0.2, 0.25) is 0 Å². The minimum atomic E-state index is 0.200. The van der Waals surface area contributed by atoms with E-state index in [4.69, 9.17) is 0 Å². The summed E-state index contributed by atoms with van der Waals surface area (Å²) in [6, 6.07) is 10.4. The van der Waals surface area contributed by atoms with Crippen molar-refractivity contribution in [3.05, 3.63) is 52.8 Å². The van der Waals surface area contributed by atoms with Gasteiger partial charge in [-0.25, -0.2) is 0 Å². The van der Waals surface area contributed by atoms with Crippen molar-refractivity contribution in [2.24, 2.45) is 0 Å². The Kier molecular flexibility index (Phi) is 6.56. The lowest BCUT2D eigenvalue weighted by atomic mass is 10.1. The van der Waals surface area contributed by atoms with Crippen molar-refractivity contribution in [1.82, 2.24) is 15.1 Å². The van der Waals surface area contributed by atoms with Crippen LogP contribution >= 0.6 is 11.8 Å². The van der Waals surface area contributed by atoms with E-state index in [0.29, 0.717) is 13.0 Å². The van der Waals surface area contributed by atoms with E-state index in [-0.39, 0.29) is 5.91 Å². The monoisotopic (exact) mass is 357 g/mol. The molecule has 0 bridgehead atoms. The quantitative estimate of drug-likeness (QED) is 0.603. The second kappa shape index (κ2) is 9.09. The molecular formula is C20H27N3OS. The summed E-state index contributed by atoms with van der Waals surface area (Å²) < 4.78 is 0. The van der Waals surface area contributed by atoms with Crippen LogP contribution < -0.4 is 0 Å². The number of rotatable bonds is 7. The standard InChI is InChI=1S/C20H27N3OS/c1-23(14-19-17-10-6-3-7-11-18(17)21-22-19)20(24)12-13-25-15-16-8-4-2-5-9-16/h2,4-5,8-9H,3,6-7,10-15H2,1H3,(H,21,22). The van der Waals surface area contributed by atoms with Gasteiger partial charge in [0.15, 0.2) is 0 Å². The summed E-state index contributed by atoms with van der Waals surface area (Å²) >= 11 is 1.82. The van der Waals surface area contributed by atoms with Crippen molar-refractivity contribution in [3.8, 4) is 0 Å². The van der Waals surface area contributed by atoms with E-state index < -0.39 is 0 Å². The minimum Gasteiger partial charge on any atom is -0.340 e. The Balaban J connectivity index is 1.44. The molecule has 1 aromatic heterocycles. The molecule has 0 aliphatic heterocycles. The van der Waals surface area contributed by atoms with Crippen molar-refractivity contribution >= 4 is 17.7 Å². The number of aryl methyl sites for hydroxylation is 1. The largest absolute Gasteiger partial charge is 0.340 e. The van der Waals surface area contributed by atoms with Crippen molar-refractivity contribution in [2.45, 2.75) is 50.8 Å². The van der Waals surface area contributed by atoms with Gasteiger partial charge in [-0.05, 0) is 36.8 Å². The zero-order valence-electron chi connectivity index (χ0n) is 15.0. The summed E-state index contributed by atoms with van der Waals surface area (Å²) in [7, 11) is 1.89. The second-order valence-electron chi connectivity index (χ2n) is 6.73. The summed E-state index contributed by atoms with van der Waals surface area (Å²) in [5, 5.41) is 7.66. The van der Waals surface area contributed by atoms with Gasteiger partial charge in [0.2, 0.25) is 5.91 Å². The van der Waals surface area contributed by atoms with Crippen LogP contribution in [0, 0.1) is 0 Å². The molecule has 0 saturated carbocycles. The number of aromatic amines is 1. The molecule has 0 spiro atoms. The van der Waals surface area contributed by atoms with Crippen LogP contribution in [0.3, 0.4) is 0 Å². The van der Waals surface area contributed by atoms with Gasteiger partial charge in [0.05, 0.1) is 12.2 Å². The number of thioether (sulfide) groups is 1. The molecule has 0 radical (unpaired) electrons. The molecule has 134 valence electrons. The normalized spacial score (nSPS) is 14.0. The summed E-state index contributed by atoms with van der Waals surface area (Å²) in [4.78, 5) is 14.2. The number of carbonyl (C=O) groups excluding carboxylic acids is 1. The number of nitrogens with zero attached hydrogens (tertiary/aromatic N) is 2. The van der Waals surface area contributed by atoms with Gasteiger partial charge in [0, 0.05) is 30.7 Å². The molecule has 1 aliphatic carbocycles. The van der Waals surface area contributed by atoms with Crippen molar-refractivity contribution in [3.63, 3.8) is 0 Å². The van der Waals surface area contributed by atoms with Gasteiger partial charge in [0.25, 0.3) is 0 Å². The van der Waals surface area contributed by atoms with E-state index in [0.717, 1.165) is 30.0 Å². The number of benzene rings is 1. The average Bonchev–Trinajstić information content (AvgIpc) is 2.86. The van der Waals surface area contributed by atoms with E-state index in [1.54, 1.807) is 0 Å². The van der Waals surface area contributed by atoms with Crippen LogP contribution in [0.15, 0.2) is 30.3 Å². The van der Waals surface area contributed by atoms with Crippen molar-refractivity contribution in [2.75, 3.05) is 12.8 Å². The third-order valence-electron chi connectivity index (χ3n) is 4.78. The van der Waals surface area contributed by atoms with Crippen molar-refractivity contribution in [1.29, 1.82) is 0 Å². The van der Waals surface area contributed by atoms with Gasteiger partial charge >= 0.3 is 0 Å². The maximum Gasteiger partial charge on any atom is 0.223 e. The first-order valence-corrected chi connectivity index (χ1v) is 10.3. The highest BCUT2D eigenvalue weighted by atomic mass is 32.2. The molecule has 0 atom stereocenters. The highest BCUT2D eigenvalue weighted by molar-refractivity contribution is 7.98. The number of hydrogen-bond donors (Lipinski definition) is 1. The van der Waals surface area contributed by atoms with Crippen LogP contribution in [0.4, 0.5) is 0 Å². The summed E-state index contributed by atoms with van der Waals surface area (Å²) in [5.41, 5.74) is 5.01. The Morgan fingerprint density at radius 2 is 2.00 bits per heavy atom. The summed E-state index contributed by atoms with van der Waals surface area (Å²) in [5.74, 6) is 2.02. The van der Waals surface area contributed by atoms with Crippen LogP contribution in [-0.2, 0) is 29.9 Å². The molecule has 2 aromatic rings. The van der Waals surface area contributed by atoms with Crippen LogP contribution in [0.25, 0.3) is 0 Å². The number of carbonyl (C=O) groups is 1. The third-order valence-corrected chi connectivity index (χ3v) is 5.81. The molecule has 3 rings (SSSR count). The van der Waals surface area contributed by atoms with Gasteiger partial charge in [-0.3, -0.25) is 9.89 Å². The number of nitrogens with one attached hydrogen (secondary N) is 1. The molecule has 1 aliphatic rings. The second-order valence-corrected chi connectivity index (χ2v) is 7.83. The molecule has 25 heavy (non-hydrogen) atoms. The Morgan fingerprint density at radius 3 is 2.84 bits per heavy atom. The van der Waals surface area contributed by atoms with Gasteiger partial charge in [0.1, 0.15) is 0 Å². The van der Waals surface area contributed by atoms with Crippen LogP contribution in [0.1, 0.15) is 48.2 Å². The van der Waals surface area contributed by atoms with Crippen LogP contribution in [0.5, 0.6) is 0 Å². The van der Waals surface area contributed by atoms with Gasteiger partial charge in [-0.15, -0.1) is 0 Å². The average molecular weight is 358 g/mol. The highest BCUT2D eigenvalue weighted by Gasteiger charge is 2.18. The number of H-pyrrole nitrogens is 1. The zero-order chi connectivity index (χ0) is 17.5. The molecule has 1 heterocycles. The fourth-order valence-corrected chi connectivity index (χ4v) is 4.18. The SMILES string of the molecule is CN(Cc1n[nH]c2c1CCCCC2)C(=O)CCSCc1ccccc1. The number of fused-ring (bicyclic) bond motifs is 1.